The first-order valence-electron chi connectivity index (χ1n) is 9.01. The van der Waals surface area contributed by atoms with E-state index in [1.165, 1.54) is 0 Å². The van der Waals surface area contributed by atoms with Crippen LogP contribution in [0.2, 0.25) is 0 Å². The van der Waals surface area contributed by atoms with E-state index >= 15 is 0 Å². The SMILES string of the molecule is Cc1ccc2c(c1)C1(OCCO1)C(=O)N2CCCOc1ccccc1C. The van der Waals surface area contributed by atoms with Crippen LogP contribution in [0.3, 0.4) is 0 Å². The van der Waals surface area contributed by atoms with Crippen molar-refractivity contribution in [1.29, 1.82) is 0 Å². The fourth-order valence-corrected chi connectivity index (χ4v) is 3.59. The molecule has 26 heavy (non-hydrogen) atoms. The van der Waals surface area contributed by atoms with Crippen LogP contribution in [-0.2, 0) is 20.1 Å². The van der Waals surface area contributed by atoms with Gasteiger partial charge in [-0.15, -0.1) is 0 Å². The van der Waals surface area contributed by atoms with Crippen LogP contribution >= 0.6 is 0 Å². The fourth-order valence-electron chi connectivity index (χ4n) is 3.59. The molecule has 0 atom stereocenters. The molecule has 1 fully saturated rings. The van der Waals surface area contributed by atoms with E-state index in [9.17, 15) is 4.79 Å². The summed E-state index contributed by atoms with van der Waals surface area (Å²) in [6.07, 6.45) is 0.726. The van der Waals surface area contributed by atoms with Crippen LogP contribution in [0, 0.1) is 13.8 Å². The zero-order valence-electron chi connectivity index (χ0n) is 15.2. The molecule has 0 radical (unpaired) electrons. The van der Waals surface area contributed by atoms with Crippen LogP contribution in [0.5, 0.6) is 5.75 Å². The number of carbonyl (C=O) groups excluding carboxylic acids is 1. The Morgan fingerprint density at radius 1 is 1.12 bits per heavy atom. The number of para-hydroxylation sites is 1. The molecule has 2 aromatic carbocycles. The Hall–Kier alpha value is -2.37. The normalized spacial score (nSPS) is 17.8. The molecule has 2 aromatic rings. The third kappa shape index (κ3) is 2.77. The van der Waals surface area contributed by atoms with E-state index in [4.69, 9.17) is 14.2 Å². The van der Waals surface area contributed by atoms with Crippen molar-refractivity contribution in [2.24, 2.45) is 0 Å². The molecular weight excluding hydrogens is 330 g/mol. The molecule has 136 valence electrons. The van der Waals surface area contributed by atoms with Gasteiger partial charge >= 0.3 is 0 Å². The predicted octanol–water partition coefficient (Wildman–Crippen LogP) is 3.32. The lowest BCUT2D eigenvalue weighted by Crippen LogP contribution is -2.41. The lowest BCUT2D eigenvalue weighted by Gasteiger charge is -2.22. The van der Waals surface area contributed by atoms with Crippen LogP contribution < -0.4 is 9.64 Å². The lowest BCUT2D eigenvalue weighted by atomic mass is 10.0. The van der Waals surface area contributed by atoms with Gasteiger partial charge in [0.15, 0.2) is 0 Å². The van der Waals surface area contributed by atoms with Crippen molar-refractivity contribution in [1.82, 2.24) is 0 Å². The smallest absolute Gasteiger partial charge is 0.292 e. The van der Waals surface area contributed by atoms with Gasteiger partial charge in [-0.05, 0) is 44.0 Å². The molecule has 1 amide bonds. The number of hydrogen-bond donors (Lipinski definition) is 0. The van der Waals surface area contributed by atoms with Crippen molar-refractivity contribution in [3.8, 4) is 5.75 Å². The minimum atomic E-state index is -1.25. The minimum Gasteiger partial charge on any atom is -0.493 e. The number of aryl methyl sites for hydroxylation is 2. The van der Waals surface area contributed by atoms with E-state index in [0.717, 1.165) is 34.5 Å². The molecule has 1 saturated heterocycles. The number of hydrogen-bond acceptors (Lipinski definition) is 4. The van der Waals surface area contributed by atoms with Gasteiger partial charge in [-0.1, -0.05) is 29.8 Å². The largest absolute Gasteiger partial charge is 0.493 e. The number of anilines is 1. The van der Waals surface area contributed by atoms with Crippen LogP contribution in [0.1, 0.15) is 23.1 Å². The highest BCUT2D eigenvalue weighted by molar-refractivity contribution is 6.06. The second-order valence-corrected chi connectivity index (χ2v) is 6.76. The van der Waals surface area contributed by atoms with Crippen LogP contribution in [0.25, 0.3) is 0 Å². The molecule has 5 nitrogen and oxygen atoms in total. The van der Waals surface area contributed by atoms with Gasteiger partial charge in [0.25, 0.3) is 11.7 Å². The third-order valence-corrected chi connectivity index (χ3v) is 4.90. The molecule has 0 saturated carbocycles. The van der Waals surface area contributed by atoms with E-state index < -0.39 is 5.79 Å². The number of nitrogens with zero attached hydrogens (tertiary/aromatic N) is 1. The first-order valence-corrected chi connectivity index (χ1v) is 9.01. The molecule has 5 heteroatoms. The molecule has 0 aromatic heterocycles. The molecule has 4 rings (SSSR count). The summed E-state index contributed by atoms with van der Waals surface area (Å²) < 4.78 is 17.4. The third-order valence-electron chi connectivity index (χ3n) is 4.90. The van der Waals surface area contributed by atoms with Gasteiger partial charge in [-0.3, -0.25) is 4.79 Å². The highest BCUT2D eigenvalue weighted by Gasteiger charge is 2.55. The minimum absolute atomic E-state index is 0.133. The zero-order chi connectivity index (χ0) is 18.1. The van der Waals surface area contributed by atoms with Crippen molar-refractivity contribution < 1.29 is 19.0 Å². The summed E-state index contributed by atoms with van der Waals surface area (Å²) in [6.45, 7) is 6.01. The van der Waals surface area contributed by atoms with Crippen molar-refractivity contribution >= 4 is 11.6 Å². The summed E-state index contributed by atoms with van der Waals surface area (Å²) in [5.74, 6) is -0.500. The van der Waals surface area contributed by atoms with E-state index in [-0.39, 0.29) is 5.91 Å². The number of fused-ring (bicyclic) bond motifs is 2. The van der Waals surface area contributed by atoms with Crippen molar-refractivity contribution in [2.45, 2.75) is 26.1 Å². The van der Waals surface area contributed by atoms with Gasteiger partial charge in [0.05, 0.1) is 25.5 Å². The summed E-state index contributed by atoms with van der Waals surface area (Å²) in [5.41, 5.74) is 3.88. The molecular formula is C21H23NO4. The molecule has 2 aliphatic rings. The summed E-state index contributed by atoms with van der Waals surface area (Å²) >= 11 is 0. The number of benzene rings is 2. The second kappa shape index (κ2) is 6.74. The van der Waals surface area contributed by atoms with E-state index in [1.807, 2.05) is 56.3 Å². The second-order valence-electron chi connectivity index (χ2n) is 6.76. The van der Waals surface area contributed by atoms with Gasteiger partial charge < -0.3 is 19.1 Å². The summed E-state index contributed by atoms with van der Waals surface area (Å²) in [7, 11) is 0. The Morgan fingerprint density at radius 3 is 2.65 bits per heavy atom. The van der Waals surface area contributed by atoms with E-state index in [2.05, 4.69) is 0 Å². The molecule has 2 aliphatic heterocycles. The van der Waals surface area contributed by atoms with Gasteiger partial charge in [0.2, 0.25) is 0 Å². The lowest BCUT2D eigenvalue weighted by molar-refractivity contribution is -0.180. The topological polar surface area (TPSA) is 48.0 Å². The highest BCUT2D eigenvalue weighted by Crippen LogP contribution is 2.46. The van der Waals surface area contributed by atoms with Crippen molar-refractivity contribution in [3.05, 3.63) is 59.2 Å². The summed E-state index contributed by atoms with van der Waals surface area (Å²) in [4.78, 5) is 14.8. The van der Waals surface area contributed by atoms with Crippen LogP contribution in [0.4, 0.5) is 5.69 Å². The predicted molar refractivity (Wildman–Crippen MR) is 98.4 cm³/mol. The fraction of sp³-hybridized carbons (Fsp3) is 0.381. The molecule has 0 aliphatic carbocycles. The van der Waals surface area contributed by atoms with Gasteiger partial charge in [0.1, 0.15) is 5.75 Å². The maximum atomic E-state index is 13.1. The Kier molecular flexibility index (Phi) is 4.42. The van der Waals surface area contributed by atoms with E-state index in [0.29, 0.717) is 26.4 Å². The highest BCUT2D eigenvalue weighted by atomic mass is 16.7. The molecule has 0 unspecified atom stereocenters. The number of amides is 1. The van der Waals surface area contributed by atoms with Crippen LogP contribution in [0.15, 0.2) is 42.5 Å². The van der Waals surface area contributed by atoms with Gasteiger partial charge in [-0.2, -0.15) is 0 Å². The number of ether oxygens (including phenoxy) is 3. The molecule has 0 N–H and O–H groups in total. The monoisotopic (exact) mass is 353 g/mol. The van der Waals surface area contributed by atoms with E-state index in [1.54, 1.807) is 4.90 Å². The van der Waals surface area contributed by atoms with Crippen LogP contribution in [-0.4, -0.2) is 32.3 Å². The molecule has 1 spiro atoms. The first-order chi connectivity index (χ1) is 12.6. The average molecular weight is 353 g/mol. The quantitative estimate of drug-likeness (QED) is 0.774. The Morgan fingerprint density at radius 2 is 1.88 bits per heavy atom. The Balaban J connectivity index is 1.47. The number of rotatable bonds is 5. The maximum absolute atomic E-state index is 13.1. The first kappa shape index (κ1) is 17.1. The van der Waals surface area contributed by atoms with Gasteiger partial charge in [0, 0.05) is 12.1 Å². The molecule has 2 heterocycles. The van der Waals surface area contributed by atoms with Crippen molar-refractivity contribution in [3.63, 3.8) is 0 Å². The summed E-state index contributed by atoms with van der Waals surface area (Å²) in [6, 6.07) is 13.9. The Bertz CT molecular complexity index is 827. The molecule has 0 bridgehead atoms. The maximum Gasteiger partial charge on any atom is 0.292 e. The average Bonchev–Trinajstić information content (AvgIpc) is 3.21. The van der Waals surface area contributed by atoms with Gasteiger partial charge in [-0.25, -0.2) is 0 Å². The standard InChI is InChI=1S/C21H23NO4/c1-15-8-9-18-17(14-15)21(25-12-13-26-21)20(23)22(18)10-5-11-24-19-7-4-3-6-16(19)2/h3-4,6-9,14H,5,10-13H2,1-2H3. The summed E-state index contributed by atoms with van der Waals surface area (Å²) in [5, 5.41) is 0. The Labute approximate surface area is 153 Å². The number of carbonyl (C=O) groups is 1. The zero-order valence-corrected chi connectivity index (χ0v) is 15.2. The van der Waals surface area contributed by atoms with Crippen molar-refractivity contribution in [2.75, 3.05) is 31.3 Å².